The molecule has 0 unspecified atom stereocenters. The zero-order valence-electron chi connectivity index (χ0n) is 17.4. The molecule has 0 fully saturated rings. The van der Waals surface area contributed by atoms with Crippen LogP contribution in [0.4, 0.5) is 0 Å². The zero-order valence-corrected chi connectivity index (χ0v) is 16.8. The van der Waals surface area contributed by atoms with Crippen LogP contribution < -0.4 is 0 Å². The van der Waals surface area contributed by atoms with Gasteiger partial charge in [-0.1, -0.05) is 64.7 Å². The van der Waals surface area contributed by atoms with Crippen LogP contribution in [-0.4, -0.2) is 45.7 Å². The van der Waals surface area contributed by atoms with Gasteiger partial charge in [0.1, 0.15) is 12.0 Å². The first-order chi connectivity index (χ1) is 10.4. The number of carboxylic acid groups (broad SMARTS) is 1. The van der Waals surface area contributed by atoms with Gasteiger partial charge in [0.25, 0.3) is 0 Å². The Labute approximate surface area is 160 Å². The maximum Gasteiger partial charge on any atom is 2.00 e. The van der Waals surface area contributed by atoms with Gasteiger partial charge in [-0.3, -0.25) is 9.59 Å². The molecule has 0 aliphatic rings. The van der Waals surface area contributed by atoms with Crippen LogP contribution in [0.2, 0.25) is 0 Å². The normalized spacial score (nSPS) is 10.9. The summed E-state index contributed by atoms with van der Waals surface area (Å²) in [6, 6.07) is 0. The van der Waals surface area contributed by atoms with Crippen molar-refractivity contribution < 1.29 is 22.3 Å². The van der Waals surface area contributed by atoms with Crippen LogP contribution in [0.5, 0.6) is 0 Å². The molecule has 0 spiro atoms. The SMILES string of the molecule is CCCCCCCCCCCCC(C)(C)OC(=O)CC(=O)O.[H-].[H-].[Mg+2]. The fourth-order valence-corrected chi connectivity index (χ4v) is 2.56. The molecule has 0 saturated carbocycles. The van der Waals surface area contributed by atoms with Gasteiger partial charge in [0.05, 0.1) is 0 Å². The molecule has 23 heavy (non-hydrogen) atoms. The molecule has 0 aromatic heterocycles. The molecule has 0 atom stereocenters. The van der Waals surface area contributed by atoms with E-state index in [0.29, 0.717) is 0 Å². The fourth-order valence-electron chi connectivity index (χ4n) is 2.56. The number of esters is 1. The Morgan fingerprint density at radius 3 is 1.78 bits per heavy atom. The van der Waals surface area contributed by atoms with Crippen LogP contribution in [0.25, 0.3) is 0 Å². The average Bonchev–Trinajstić information content (AvgIpc) is 2.39. The van der Waals surface area contributed by atoms with Gasteiger partial charge in [0.2, 0.25) is 0 Å². The summed E-state index contributed by atoms with van der Waals surface area (Å²) in [4.78, 5) is 21.8. The average molecular weight is 341 g/mol. The number of hydrogen-bond acceptors (Lipinski definition) is 3. The maximum absolute atomic E-state index is 11.3. The minimum Gasteiger partial charge on any atom is -1.00 e. The molecule has 1 N–H and O–H groups in total. The van der Waals surface area contributed by atoms with Gasteiger partial charge < -0.3 is 12.7 Å². The topological polar surface area (TPSA) is 63.6 Å². The van der Waals surface area contributed by atoms with Crippen LogP contribution in [0.15, 0.2) is 0 Å². The van der Waals surface area contributed by atoms with Crippen LogP contribution in [0, 0.1) is 0 Å². The van der Waals surface area contributed by atoms with Gasteiger partial charge in [-0.05, 0) is 26.7 Å². The van der Waals surface area contributed by atoms with E-state index in [1.54, 1.807) is 0 Å². The molecule has 0 aromatic carbocycles. The van der Waals surface area contributed by atoms with Crippen molar-refractivity contribution in [1.29, 1.82) is 0 Å². The van der Waals surface area contributed by atoms with Crippen LogP contribution in [0.3, 0.4) is 0 Å². The third-order valence-electron chi connectivity index (χ3n) is 3.82. The number of carboxylic acids is 1. The van der Waals surface area contributed by atoms with E-state index < -0.39 is 24.0 Å². The van der Waals surface area contributed by atoms with Crippen molar-refractivity contribution in [3.8, 4) is 0 Å². The molecule has 5 heteroatoms. The first-order valence-corrected chi connectivity index (χ1v) is 8.81. The number of unbranched alkanes of at least 4 members (excludes halogenated alkanes) is 9. The van der Waals surface area contributed by atoms with E-state index in [1.807, 2.05) is 13.8 Å². The molecule has 0 rings (SSSR count). The molecule has 0 aliphatic carbocycles. The fraction of sp³-hybridized carbons (Fsp3) is 0.889. The molecule has 0 aromatic rings. The molecular formula is C18H36MgO4. The van der Waals surface area contributed by atoms with E-state index in [-0.39, 0.29) is 25.9 Å². The Kier molecular flexibility index (Phi) is 16.5. The van der Waals surface area contributed by atoms with E-state index >= 15 is 0 Å². The summed E-state index contributed by atoms with van der Waals surface area (Å²) in [7, 11) is 0. The predicted molar refractivity (Wildman–Crippen MR) is 96.9 cm³/mol. The first kappa shape index (κ1) is 25.0. The van der Waals surface area contributed by atoms with Gasteiger partial charge in [-0.15, -0.1) is 0 Å². The van der Waals surface area contributed by atoms with Crippen molar-refractivity contribution in [2.45, 2.75) is 103 Å². The monoisotopic (exact) mass is 340 g/mol. The quantitative estimate of drug-likeness (QED) is 0.210. The third kappa shape index (κ3) is 17.9. The van der Waals surface area contributed by atoms with E-state index in [9.17, 15) is 9.59 Å². The predicted octanol–water partition coefficient (Wildman–Crippen LogP) is 4.94. The summed E-state index contributed by atoms with van der Waals surface area (Å²) in [5.41, 5.74) is -0.563. The van der Waals surface area contributed by atoms with Crippen molar-refractivity contribution in [2.75, 3.05) is 0 Å². The third-order valence-corrected chi connectivity index (χ3v) is 3.82. The Balaban J connectivity index is -0.000000735. The van der Waals surface area contributed by atoms with Gasteiger partial charge in [0.15, 0.2) is 0 Å². The molecule has 0 heterocycles. The van der Waals surface area contributed by atoms with Crippen molar-refractivity contribution in [3.05, 3.63) is 0 Å². The molecule has 0 radical (unpaired) electrons. The summed E-state index contributed by atoms with van der Waals surface area (Å²) in [5, 5.41) is 8.54. The van der Waals surface area contributed by atoms with E-state index in [1.165, 1.54) is 51.4 Å². The van der Waals surface area contributed by atoms with Crippen molar-refractivity contribution in [2.24, 2.45) is 0 Å². The molecule has 0 amide bonds. The summed E-state index contributed by atoms with van der Waals surface area (Å²) < 4.78 is 5.21. The Hall–Kier alpha value is -0.294. The number of carbonyl (C=O) groups is 2. The number of hydrogen-bond donors (Lipinski definition) is 1. The number of rotatable bonds is 14. The van der Waals surface area contributed by atoms with Gasteiger partial charge >= 0.3 is 35.0 Å². The summed E-state index contributed by atoms with van der Waals surface area (Å²) >= 11 is 0. The second-order valence-electron chi connectivity index (χ2n) is 6.74. The molecule has 134 valence electrons. The van der Waals surface area contributed by atoms with E-state index in [0.717, 1.165) is 19.3 Å². The smallest absolute Gasteiger partial charge is 1.00 e. The number of carbonyl (C=O) groups excluding carboxylic acids is 1. The Morgan fingerprint density at radius 2 is 1.35 bits per heavy atom. The van der Waals surface area contributed by atoms with E-state index in [2.05, 4.69) is 6.92 Å². The molecule has 0 aliphatic heterocycles. The van der Waals surface area contributed by atoms with Crippen molar-refractivity contribution in [3.63, 3.8) is 0 Å². The van der Waals surface area contributed by atoms with Gasteiger partial charge in [0, 0.05) is 0 Å². The molecule has 0 saturated heterocycles. The van der Waals surface area contributed by atoms with Crippen molar-refractivity contribution >= 4 is 35.0 Å². The first-order valence-electron chi connectivity index (χ1n) is 8.81. The summed E-state index contributed by atoms with van der Waals surface area (Å²) in [5.74, 6) is -1.79. The minimum absolute atomic E-state index is 0. The number of ether oxygens (including phenoxy) is 1. The van der Waals surface area contributed by atoms with Gasteiger partial charge in [-0.25, -0.2) is 0 Å². The van der Waals surface area contributed by atoms with Gasteiger partial charge in [-0.2, -0.15) is 0 Å². The minimum atomic E-state index is -1.14. The zero-order chi connectivity index (χ0) is 16.8. The maximum atomic E-state index is 11.3. The van der Waals surface area contributed by atoms with Crippen LogP contribution in [-0.2, 0) is 14.3 Å². The summed E-state index contributed by atoms with van der Waals surface area (Å²) in [6.45, 7) is 5.93. The summed E-state index contributed by atoms with van der Waals surface area (Å²) in [6.07, 6.45) is 13.0. The van der Waals surface area contributed by atoms with Crippen LogP contribution in [0.1, 0.15) is 101 Å². The second kappa shape index (κ2) is 15.2. The largest absolute Gasteiger partial charge is 2.00 e. The standard InChI is InChI=1S/C18H34O4.Mg.2H/c1-4-5-6-7-8-9-10-11-12-13-14-18(2,3)22-17(21)15-16(19)20;;;/h4-15H2,1-3H3,(H,19,20);;;/q;+2;2*-1. The van der Waals surface area contributed by atoms with Crippen molar-refractivity contribution in [1.82, 2.24) is 0 Å². The van der Waals surface area contributed by atoms with E-state index in [4.69, 9.17) is 9.84 Å². The molecule has 4 nitrogen and oxygen atoms in total. The molecule has 0 bridgehead atoms. The Bertz CT molecular complexity index is 326. The second-order valence-corrected chi connectivity index (χ2v) is 6.74. The molecular weight excluding hydrogens is 304 g/mol. The number of aliphatic carboxylic acids is 1. The Morgan fingerprint density at radius 1 is 0.913 bits per heavy atom. The van der Waals surface area contributed by atoms with Crippen LogP contribution >= 0.6 is 0 Å².